The molecule has 120 valence electrons. The van der Waals surface area contributed by atoms with Crippen LogP contribution >= 0.6 is 0 Å². The fraction of sp³-hybridized carbons (Fsp3) is 0.467. The molecule has 0 fully saturated rings. The predicted molar refractivity (Wildman–Crippen MR) is 82.2 cm³/mol. The summed E-state index contributed by atoms with van der Waals surface area (Å²) in [6.07, 6.45) is 1.74. The molecule has 0 radical (unpaired) electrons. The van der Waals surface area contributed by atoms with Gasteiger partial charge >= 0.3 is 6.16 Å². The minimum atomic E-state index is -0.804. The Bertz CT molecular complexity index is 673. The van der Waals surface area contributed by atoms with Crippen LogP contribution in [0.4, 0.5) is 4.79 Å². The van der Waals surface area contributed by atoms with Crippen molar-refractivity contribution in [2.24, 2.45) is 5.73 Å². The molecule has 2 rings (SSSR count). The number of aromatic nitrogens is 2. The number of benzene rings is 1. The molecule has 0 saturated carbocycles. The van der Waals surface area contributed by atoms with E-state index in [4.69, 9.17) is 15.2 Å². The van der Waals surface area contributed by atoms with E-state index in [0.717, 1.165) is 18.5 Å². The van der Waals surface area contributed by atoms with E-state index in [-0.39, 0.29) is 11.3 Å². The molecule has 0 bridgehead atoms. The minimum Gasteiger partial charge on any atom is -0.493 e. The summed E-state index contributed by atoms with van der Waals surface area (Å²) in [5.41, 5.74) is 7.35. The number of nitrogens with zero attached hydrogens (tertiary/aromatic N) is 2. The van der Waals surface area contributed by atoms with Crippen LogP contribution in [-0.2, 0) is 11.3 Å². The highest BCUT2D eigenvalue weighted by atomic mass is 16.7. The number of fused-ring (bicyclic) bond motifs is 1. The number of nitrogens with two attached hydrogens (primary N) is 1. The Hall–Kier alpha value is -2.28. The largest absolute Gasteiger partial charge is 0.513 e. The molecule has 2 N–H and O–H groups in total. The Morgan fingerprint density at radius 3 is 2.64 bits per heavy atom. The first-order valence-electron chi connectivity index (χ1n) is 6.91. The smallest absolute Gasteiger partial charge is 0.493 e. The van der Waals surface area contributed by atoms with Gasteiger partial charge in [0.05, 0.1) is 31.6 Å². The van der Waals surface area contributed by atoms with Crippen LogP contribution in [0.1, 0.15) is 20.3 Å². The monoisotopic (exact) mass is 307 g/mol. The zero-order valence-corrected chi connectivity index (χ0v) is 13.3. The van der Waals surface area contributed by atoms with Gasteiger partial charge in [-0.3, -0.25) is 0 Å². The van der Waals surface area contributed by atoms with E-state index >= 15 is 0 Å². The molecular weight excluding hydrogens is 286 g/mol. The van der Waals surface area contributed by atoms with Gasteiger partial charge in [0.15, 0.2) is 11.5 Å². The van der Waals surface area contributed by atoms with Crippen LogP contribution in [0.5, 0.6) is 11.5 Å². The Morgan fingerprint density at radius 2 is 2.05 bits per heavy atom. The highest BCUT2D eigenvalue weighted by Crippen LogP contribution is 2.32. The first-order valence-corrected chi connectivity index (χ1v) is 6.91. The fourth-order valence-electron chi connectivity index (χ4n) is 2.02. The topological polar surface area (TPSA) is 88.6 Å². The lowest BCUT2D eigenvalue weighted by atomic mass is 10.0. The first kappa shape index (κ1) is 16.1. The van der Waals surface area contributed by atoms with E-state index in [1.54, 1.807) is 18.5 Å². The Kier molecular flexibility index (Phi) is 4.56. The molecule has 0 aliphatic rings. The number of carbonyl (C=O) groups excluding carboxylic acids is 1. The molecule has 7 heteroatoms. The maximum absolute atomic E-state index is 11.3. The van der Waals surface area contributed by atoms with Crippen molar-refractivity contribution in [3.63, 3.8) is 0 Å². The fourth-order valence-corrected chi connectivity index (χ4v) is 2.02. The van der Waals surface area contributed by atoms with Crippen LogP contribution in [-0.4, -0.2) is 35.5 Å². The number of carbonyl (C=O) groups is 1. The summed E-state index contributed by atoms with van der Waals surface area (Å²) >= 11 is 0. The van der Waals surface area contributed by atoms with Gasteiger partial charge in [-0.2, -0.15) is 0 Å². The molecule has 0 spiro atoms. The Labute approximate surface area is 129 Å². The van der Waals surface area contributed by atoms with E-state index in [1.807, 2.05) is 18.4 Å². The maximum atomic E-state index is 11.3. The van der Waals surface area contributed by atoms with Gasteiger partial charge in [0.1, 0.15) is 0 Å². The van der Waals surface area contributed by atoms with Crippen LogP contribution in [0, 0.1) is 0 Å². The Morgan fingerprint density at radius 1 is 1.32 bits per heavy atom. The van der Waals surface area contributed by atoms with Gasteiger partial charge in [-0.25, -0.2) is 9.78 Å². The number of ether oxygens (including phenoxy) is 3. The van der Waals surface area contributed by atoms with E-state index in [0.29, 0.717) is 11.3 Å². The van der Waals surface area contributed by atoms with E-state index in [9.17, 15) is 4.79 Å². The molecule has 0 atom stereocenters. The average Bonchev–Trinajstić information content (AvgIpc) is 2.85. The second-order valence-corrected chi connectivity index (χ2v) is 5.72. The van der Waals surface area contributed by atoms with Gasteiger partial charge in [0, 0.05) is 24.2 Å². The maximum Gasteiger partial charge on any atom is 0.513 e. The molecule has 0 unspecified atom stereocenters. The Balaban J connectivity index is 2.34. The minimum absolute atomic E-state index is 0.255. The summed E-state index contributed by atoms with van der Waals surface area (Å²) in [7, 11) is 2.76. The average molecular weight is 307 g/mol. The van der Waals surface area contributed by atoms with E-state index < -0.39 is 6.16 Å². The van der Waals surface area contributed by atoms with E-state index in [2.05, 4.69) is 9.72 Å². The standard InChI is InChI=1S/C15H21N3O4/c1-15(2,16)5-6-18-9-17-10-7-13(22-14(19)21-4)12(20-3)8-11(10)18/h7-9H,5-6,16H2,1-4H3. The summed E-state index contributed by atoms with van der Waals surface area (Å²) in [6, 6.07) is 3.43. The van der Waals surface area contributed by atoms with Crippen molar-refractivity contribution >= 4 is 17.2 Å². The normalized spacial score (nSPS) is 11.5. The van der Waals surface area contributed by atoms with Crippen molar-refractivity contribution < 1.29 is 19.0 Å². The molecule has 0 amide bonds. The second-order valence-electron chi connectivity index (χ2n) is 5.72. The number of imidazole rings is 1. The van der Waals surface area contributed by atoms with Crippen molar-refractivity contribution in [1.29, 1.82) is 0 Å². The van der Waals surface area contributed by atoms with Gasteiger partial charge < -0.3 is 24.5 Å². The third-order valence-electron chi connectivity index (χ3n) is 3.26. The van der Waals surface area contributed by atoms with Crippen LogP contribution in [0.2, 0.25) is 0 Å². The molecule has 22 heavy (non-hydrogen) atoms. The SMILES string of the molecule is COC(=O)Oc1cc2ncn(CCC(C)(C)N)c2cc1OC. The highest BCUT2D eigenvalue weighted by molar-refractivity contribution is 5.81. The summed E-state index contributed by atoms with van der Waals surface area (Å²) in [6.45, 7) is 4.70. The number of hydrogen-bond donors (Lipinski definition) is 1. The van der Waals surface area contributed by atoms with Crippen LogP contribution in [0.25, 0.3) is 11.0 Å². The highest BCUT2D eigenvalue weighted by Gasteiger charge is 2.16. The molecule has 1 aromatic carbocycles. The summed E-state index contributed by atoms with van der Waals surface area (Å²) < 4.78 is 16.8. The number of rotatable bonds is 5. The van der Waals surface area contributed by atoms with Crippen molar-refractivity contribution in [2.45, 2.75) is 32.4 Å². The molecule has 1 aromatic heterocycles. The third kappa shape index (κ3) is 3.67. The summed E-state index contributed by atoms with van der Waals surface area (Å²) in [5.74, 6) is 0.706. The third-order valence-corrected chi connectivity index (χ3v) is 3.26. The molecule has 7 nitrogen and oxygen atoms in total. The van der Waals surface area contributed by atoms with Gasteiger partial charge in [0.25, 0.3) is 0 Å². The van der Waals surface area contributed by atoms with Gasteiger partial charge in [-0.1, -0.05) is 0 Å². The van der Waals surface area contributed by atoms with Gasteiger partial charge in [0.2, 0.25) is 0 Å². The zero-order valence-electron chi connectivity index (χ0n) is 13.3. The first-order chi connectivity index (χ1) is 10.3. The lowest BCUT2D eigenvalue weighted by molar-refractivity contribution is 0.120. The summed E-state index contributed by atoms with van der Waals surface area (Å²) in [4.78, 5) is 15.6. The number of aryl methyl sites for hydroxylation is 1. The summed E-state index contributed by atoms with van der Waals surface area (Å²) in [5, 5.41) is 0. The quantitative estimate of drug-likeness (QED) is 0.673. The lowest BCUT2D eigenvalue weighted by Crippen LogP contribution is -2.33. The molecule has 0 saturated heterocycles. The van der Waals surface area contributed by atoms with Crippen molar-refractivity contribution in [3.05, 3.63) is 18.5 Å². The number of hydrogen-bond acceptors (Lipinski definition) is 6. The van der Waals surface area contributed by atoms with Crippen molar-refractivity contribution in [3.8, 4) is 11.5 Å². The van der Waals surface area contributed by atoms with Crippen molar-refractivity contribution in [2.75, 3.05) is 14.2 Å². The van der Waals surface area contributed by atoms with Crippen LogP contribution in [0.15, 0.2) is 18.5 Å². The molecule has 0 aliphatic carbocycles. The lowest BCUT2D eigenvalue weighted by Gasteiger charge is -2.18. The van der Waals surface area contributed by atoms with Crippen LogP contribution in [0.3, 0.4) is 0 Å². The van der Waals surface area contributed by atoms with Crippen molar-refractivity contribution in [1.82, 2.24) is 9.55 Å². The molecule has 2 aromatic rings. The van der Waals surface area contributed by atoms with Gasteiger partial charge in [-0.15, -0.1) is 0 Å². The zero-order chi connectivity index (χ0) is 16.3. The van der Waals surface area contributed by atoms with Crippen LogP contribution < -0.4 is 15.2 Å². The molecular formula is C15H21N3O4. The van der Waals surface area contributed by atoms with E-state index in [1.165, 1.54) is 14.2 Å². The predicted octanol–water partition coefficient (Wildman–Crippen LogP) is 2.32. The second kappa shape index (κ2) is 6.23. The van der Waals surface area contributed by atoms with Gasteiger partial charge in [-0.05, 0) is 20.3 Å². The number of methoxy groups -OCH3 is 2. The molecule has 0 aliphatic heterocycles. The molecule has 1 heterocycles.